The van der Waals surface area contributed by atoms with Gasteiger partial charge in [0, 0.05) is 43.8 Å². The van der Waals surface area contributed by atoms with Crippen molar-refractivity contribution in [3.8, 4) is 45.3 Å². The van der Waals surface area contributed by atoms with Crippen LogP contribution < -0.4 is 0 Å². The number of benzene rings is 8. The van der Waals surface area contributed by atoms with Crippen LogP contribution in [-0.2, 0) is 0 Å². The van der Waals surface area contributed by atoms with Crippen LogP contribution in [0.1, 0.15) is 11.0 Å². The Bertz CT molecular complexity index is 3650. The number of furan rings is 2. The van der Waals surface area contributed by atoms with E-state index in [9.17, 15) is 1.37 Å². The molecule has 5 heteroatoms. The fraction of sp³-hybridized carbons (Fsp3) is 0. The highest BCUT2D eigenvalue weighted by atomic mass is 16.3. The molecule has 11 rings (SSSR count). The lowest BCUT2D eigenvalue weighted by Crippen LogP contribution is -2.01. The normalized spacial score (nSPS) is 14.0. The van der Waals surface area contributed by atoms with Gasteiger partial charge in [0.2, 0.25) is 0 Å². The molecule has 0 radical (unpaired) electrons. The first kappa shape index (κ1) is 21.9. The van der Waals surface area contributed by atoms with Gasteiger partial charge in [0.25, 0.3) is 0 Å². The standard InChI is InChI=1S/C47H27N3O2/c1-2-13-28(14-3-1)45-48-46(38-25-29-15-4-5-16-31(29)33-17-6-7-18-34(33)38)50-47(49-45)39-26-30(27-42-43(39)37-20-9-11-24-41(37)51-42)32-21-12-22-36-35-19-8-10-23-40(35)52-44(32)36/h1-27H/i1D,2D,3D,9D,13D,14D,24D,26D. The third kappa shape index (κ3) is 4.39. The van der Waals surface area contributed by atoms with Crippen molar-refractivity contribution in [1.82, 2.24) is 15.0 Å². The number of nitrogens with zero attached hydrogens (tertiary/aromatic N) is 3. The van der Waals surface area contributed by atoms with Crippen LogP contribution in [0, 0.1) is 0 Å². The van der Waals surface area contributed by atoms with Crippen LogP contribution in [0.2, 0.25) is 0 Å². The molecule has 11 aromatic rings. The minimum absolute atomic E-state index is 0.0223. The lowest BCUT2D eigenvalue weighted by molar-refractivity contribution is 0.668. The molecule has 0 fully saturated rings. The maximum absolute atomic E-state index is 10.1. The predicted molar refractivity (Wildman–Crippen MR) is 211 cm³/mol. The largest absolute Gasteiger partial charge is 0.456 e. The second-order valence-electron chi connectivity index (χ2n) is 12.5. The van der Waals surface area contributed by atoms with E-state index in [1.165, 1.54) is 6.07 Å². The van der Waals surface area contributed by atoms with Gasteiger partial charge in [-0.1, -0.05) is 133 Å². The molecular formula is C47H27N3O2. The highest BCUT2D eigenvalue weighted by Crippen LogP contribution is 2.43. The molecule has 8 aromatic carbocycles. The molecule has 0 unspecified atom stereocenters. The molecule has 3 aromatic heterocycles. The maximum Gasteiger partial charge on any atom is 0.164 e. The van der Waals surface area contributed by atoms with Crippen molar-refractivity contribution in [2.45, 2.75) is 0 Å². The topological polar surface area (TPSA) is 65.0 Å². The zero-order valence-electron chi connectivity index (χ0n) is 35.1. The van der Waals surface area contributed by atoms with Gasteiger partial charge in [-0.2, -0.15) is 0 Å². The Morgan fingerprint density at radius 2 is 1.15 bits per heavy atom. The van der Waals surface area contributed by atoms with E-state index >= 15 is 0 Å². The van der Waals surface area contributed by atoms with Crippen molar-refractivity contribution >= 4 is 65.4 Å². The van der Waals surface area contributed by atoms with Crippen LogP contribution in [0.25, 0.3) is 111 Å². The first-order valence-corrected chi connectivity index (χ1v) is 16.7. The highest BCUT2D eigenvalue weighted by Gasteiger charge is 2.22. The third-order valence-corrected chi connectivity index (χ3v) is 9.56. The quantitative estimate of drug-likeness (QED) is 0.174. The Labute approximate surface area is 308 Å². The number of hydrogen-bond donors (Lipinski definition) is 0. The van der Waals surface area contributed by atoms with E-state index in [2.05, 4.69) is 0 Å². The molecule has 242 valence electrons. The fourth-order valence-corrected chi connectivity index (χ4v) is 7.26. The zero-order valence-corrected chi connectivity index (χ0v) is 27.1. The lowest BCUT2D eigenvalue weighted by atomic mass is 9.96. The van der Waals surface area contributed by atoms with Gasteiger partial charge in [0.15, 0.2) is 17.5 Å². The van der Waals surface area contributed by atoms with E-state index in [1.807, 2.05) is 97.1 Å². The Kier molecular flexibility index (Phi) is 4.71. The summed E-state index contributed by atoms with van der Waals surface area (Å²) in [5.41, 5.74) is 3.22. The Hall–Kier alpha value is -7.11. The number of rotatable bonds is 4. The van der Waals surface area contributed by atoms with Gasteiger partial charge in [-0.05, 0) is 57.4 Å². The molecule has 3 heterocycles. The summed E-state index contributed by atoms with van der Waals surface area (Å²) in [6, 6.07) is 33.0. The lowest BCUT2D eigenvalue weighted by Gasteiger charge is -2.13. The van der Waals surface area contributed by atoms with Crippen LogP contribution in [0.5, 0.6) is 0 Å². The average Bonchev–Trinajstić information content (AvgIpc) is 3.83. The first-order chi connectivity index (χ1) is 29.1. The van der Waals surface area contributed by atoms with E-state index in [-0.39, 0.29) is 52.3 Å². The van der Waals surface area contributed by atoms with Crippen molar-refractivity contribution in [2.75, 3.05) is 0 Å². The van der Waals surface area contributed by atoms with Crippen molar-refractivity contribution in [1.29, 1.82) is 0 Å². The molecule has 0 aliphatic rings. The van der Waals surface area contributed by atoms with Crippen LogP contribution >= 0.6 is 0 Å². The van der Waals surface area contributed by atoms with Gasteiger partial charge in [0.1, 0.15) is 22.3 Å². The summed E-state index contributed by atoms with van der Waals surface area (Å²) in [5, 5.41) is 6.13. The predicted octanol–water partition coefficient (Wildman–Crippen LogP) is 12.6. The summed E-state index contributed by atoms with van der Waals surface area (Å²) in [4.78, 5) is 14.9. The van der Waals surface area contributed by atoms with E-state index in [0.717, 1.165) is 32.3 Å². The van der Waals surface area contributed by atoms with Crippen molar-refractivity contribution in [3.05, 3.63) is 164 Å². The number of para-hydroxylation sites is 3. The van der Waals surface area contributed by atoms with E-state index in [4.69, 9.17) is 33.4 Å². The smallest absolute Gasteiger partial charge is 0.164 e. The van der Waals surface area contributed by atoms with Gasteiger partial charge in [-0.3, -0.25) is 0 Å². The molecule has 0 atom stereocenters. The third-order valence-electron chi connectivity index (χ3n) is 9.56. The molecule has 0 amide bonds. The fourth-order valence-electron chi connectivity index (χ4n) is 7.26. The van der Waals surface area contributed by atoms with Gasteiger partial charge >= 0.3 is 0 Å². The van der Waals surface area contributed by atoms with Gasteiger partial charge < -0.3 is 8.83 Å². The molecule has 5 nitrogen and oxygen atoms in total. The SMILES string of the molecule is [2H]c1cc([2H])c2oc3cc(-c4cccc5c4oc4ccccc45)c([2H])c(-c4nc(-c5c([2H])c([2H])c([2H])c([2H])c5[2H])nc(-c5cc6ccccc6c6ccccc56)n4)c3c2c1. The van der Waals surface area contributed by atoms with Gasteiger partial charge in [-0.25, -0.2) is 15.0 Å². The van der Waals surface area contributed by atoms with Crippen LogP contribution in [0.4, 0.5) is 0 Å². The van der Waals surface area contributed by atoms with Crippen molar-refractivity contribution in [2.24, 2.45) is 0 Å². The number of aromatic nitrogens is 3. The summed E-state index contributed by atoms with van der Waals surface area (Å²) in [6.07, 6.45) is 0. The summed E-state index contributed by atoms with van der Waals surface area (Å²) in [5.74, 6) is -0.106. The monoisotopic (exact) mass is 673 g/mol. The van der Waals surface area contributed by atoms with E-state index in [0.29, 0.717) is 44.2 Å². The average molecular weight is 674 g/mol. The maximum atomic E-state index is 10.1. The van der Waals surface area contributed by atoms with Gasteiger partial charge in [-0.15, -0.1) is 0 Å². The first-order valence-electron chi connectivity index (χ1n) is 20.7. The number of hydrogen-bond acceptors (Lipinski definition) is 5. The van der Waals surface area contributed by atoms with Crippen LogP contribution in [0.15, 0.2) is 172 Å². The Balaban J connectivity index is 1.30. The van der Waals surface area contributed by atoms with E-state index < -0.39 is 30.2 Å². The van der Waals surface area contributed by atoms with Crippen LogP contribution in [0.3, 0.4) is 0 Å². The minimum atomic E-state index is -0.561. The summed E-state index contributed by atoms with van der Waals surface area (Å²) in [7, 11) is 0. The Morgan fingerprint density at radius 3 is 2.04 bits per heavy atom. The molecule has 0 saturated carbocycles. The summed E-state index contributed by atoms with van der Waals surface area (Å²) in [6.45, 7) is 0. The molecule has 0 bridgehead atoms. The molecule has 0 saturated heterocycles. The van der Waals surface area contributed by atoms with Crippen LogP contribution in [-0.4, -0.2) is 15.0 Å². The zero-order chi connectivity index (χ0) is 41.1. The summed E-state index contributed by atoms with van der Waals surface area (Å²) < 4.78 is 83.6. The minimum Gasteiger partial charge on any atom is -0.456 e. The number of fused-ring (bicyclic) bond motifs is 9. The second kappa shape index (κ2) is 11.2. The molecule has 0 aliphatic carbocycles. The summed E-state index contributed by atoms with van der Waals surface area (Å²) >= 11 is 0. The van der Waals surface area contributed by atoms with Crippen molar-refractivity contribution < 1.29 is 19.8 Å². The molecular weight excluding hydrogens is 639 g/mol. The van der Waals surface area contributed by atoms with Gasteiger partial charge in [0.05, 0.1) is 11.0 Å². The molecule has 0 N–H and O–H groups in total. The molecule has 0 spiro atoms. The highest BCUT2D eigenvalue weighted by molar-refractivity contribution is 6.16. The second-order valence-corrected chi connectivity index (χ2v) is 12.5. The Morgan fingerprint density at radius 1 is 0.423 bits per heavy atom. The van der Waals surface area contributed by atoms with E-state index in [1.54, 1.807) is 12.1 Å². The molecule has 52 heavy (non-hydrogen) atoms. The molecule has 0 aliphatic heterocycles. The van der Waals surface area contributed by atoms with Crippen molar-refractivity contribution in [3.63, 3.8) is 0 Å².